The topological polar surface area (TPSA) is 50.8 Å². The van der Waals surface area contributed by atoms with Crippen LogP contribution in [0.2, 0.25) is 0 Å². The lowest BCUT2D eigenvalue weighted by Crippen LogP contribution is -2.31. The van der Waals surface area contributed by atoms with Crippen LogP contribution in [0.1, 0.15) is 18.9 Å². The van der Waals surface area contributed by atoms with Crippen LogP contribution >= 0.6 is 12.2 Å². The molecule has 0 spiro atoms. The number of carbonyl (C=O) groups is 1. The van der Waals surface area contributed by atoms with Gasteiger partial charge in [0.2, 0.25) is 0 Å². The summed E-state index contributed by atoms with van der Waals surface area (Å²) in [6.45, 7) is 2.62. The van der Waals surface area contributed by atoms with E-state index in [9.17, 15) is 4.79 Å². The van der Waals surface area contributed by atoms with Crippen molar-refractivity contribution in [3.05, 3.63) is 29.5 Å². The highest BCUT2D eigenvalue weighted by molar-refractivity contribution is 7.80. The maximum Gasteiger partial charge on any atom is 0.276 e. The number of nitrogens with one attached hydrogen (secondary N) is 1. The zero-order chi connectivity index (χ0) is 15.4. The summed E-state index contributed by atoms with van der Waals surface area (Å²) in [6, 6.07) is 5.47. The highest BCUT2D eigenvalue weighted by Crippen LogP contribution is 2.28. The van der Waals surface area contributed by atoms with E-state index in [0.29, 0.717) is 28.9 Å². The number of nitrogens with zero attached hydrogens (tertiary/aromatic N) is 1. The average molecular weight is 306 g/mol. The van der Waals surface area contributed by atoms with E-state index in [1.807, 2.05) is 19.1 Å². The van der Waals surface area contributed by atoms with Crippen LogP contribution in [0, 0.1) is 0 Å². The number of ether oxygens (including phenoxy) is 2. The number of hydrogen-bond acceptors (Lipinski definition) is 4. The fourth-order valence-corrected chi connectivity index (χ4v) is 2.39. The van der Waals surface area contributed by atoms with Crippen LogP contribution < -0.4 is 14.8 Å². The summed E-state index contributed by atoms with van der Waals surface area (Å²) in [4.78, 5) is 13.8. The fraction of sp³-hybridized carbons (Fsp3) is 0.333. The van der Waals surface area contributed by atoms with Crippen LogP contribution in [0.25, 0.3) is 6.08 Å². The van der Waals surface area contributed by atoms with Gasteiger partial charge in [0.1, 0.15) is 5.70 Å². The molecule has 1 heterocycles. The molecule has 112 valence electrons. The molecule has 0 unspecified atom stereocenters. The van der Waals surface area contributed by atoms with Crippen molar-refractivity contribution in [2.45, 2.75) is 13.3 Å². The van der Waals surface area contributed by atoms with Gasteiger partial charge in [0.25, 0.3) is 5.91 Å². The summed E-state index contributed by atoms with van der Waals surface area (Å²) in [5.74, 6) is 1.16. The first-order valence-electron chi connectivity index (χ1n) is 6.67. The number of rotatable bonds is 5. The third-order valence-corrected chi connectivity index (χ3v) is 3.45. The van der Waals surface area contributed by atoms with E-state index in [-0.39, 0.29) is 5.91 Å². The minimum atomic E-state index is -0.100. The molecule has 0 bridgehead atoms. The van der Waals surface area contributed by atoms with Crippen LogP contribution in [0.4, 0.5) is 0 Å². The van der Waals surface area contributed by atoms with Crippen molar-refractivity contribution in [1.29, 1.82) is 0 Å². The Bertz CT molecular complexity index is 599. The van der Waals surface area contributed by atoms with Gasteiger partial charge < -0.3 is 14.8 Å². The minimum Gasteiger partial charge on any atom is -0.493 e. The number of hydrogen-bond donors (Lipinski definition) is 1. The predicted octanol–water partition coefficient (Wildman–Crippen LogP) is 2.17. The van der Waals surface area contributed by atoms with Crippen LogP contribution in [0.5, 0.6) is 11.5 Å². The van der Waals surface area contributed by atoms with Gasteiger partial charge in [-0.25, -0.2) is 0 Å². The standard InChI is InChI=1S/C15H18N2O3S/c1-4-7-17-14(18)11(16-15(17)21)8-10-5-6-12(19-2)13(9-10)20-3/h5-6,8-9H,4,7H2,1-3H3,(H,16,21)/b11-8-. The molecule has 2 rings (SSSR count). The molecule has 1 N–H and O–H groups in total. The molecule has 1 aromatic carbocycles. The van der Waals surface area contributed by atoms with Crippen LogP contribution in [0.3, 0.4) is 0 Å². The lowest BCUT2D eigenvalue weighted by atomic mass is 10.1. The molecular weight excluding hydrogens is 288 g/mol. The molecule has 1 amide bonds. The highest BCUT2D eigenvalue weighted by atomic mass is 32.1. The first-order valence-corrected chi connectivity index (χ1v) is 7.08. The zero-order valence-electron chi connectivity index (χ0n) is 12.3. The summed E-state index contributed by atoms with van der Waals surface area (Å²) in [7, 11) is 3.16. The maximum absolute atomic E-state index is 12.2. The molecule has 6 heteroatoms. The lowest BCUT2D eigenvalue weighted by molar-refractivity contribution is -0.122. The largest absolute Gasteiger partial charge is 0.493 e. The van der Waals surface area contributed by atoms with Crippen LogP contribution in [0.15, 0.2) is 23.9 Å². The SMILES string of the molecule is CCCN1C(=O)/C(=C/c2ccc(OC)c(OC)c2)NC1=S. The molecule has 0 aliphatic carbocycles. The maximum atomic E-state index is 12.2. The second kappa shape index (κ2) is 6.58. The van der Waals surface area contributed by atoms with Gasteiger partial charge in [0.05, 0.1) is 14.2 Å². The smallest absolute Gasteiger partial charge is 0.276 e. The van der Waals surface area contributed by atoms with Crippen LogP contribution in [-0.2, 0) is 4.79 Å². The Kier molecular flexibility index (Phi) is 4.80. The third-order valence-electron chi connectivity index (χ3n) is 3.13. The van der Waals surface area contributed by atoms with E-state index in [0.717, 1.165) is 12.0 Å². The molecule has 21 heavy (non-hydrogen) atoms. The average Bonchev–Trinajstić information content (AvgIpc) is 2.75. The summed E-state index contributed by atoms with van der Waals surface area (Å²) < 4.78 is 10.4. The Hall–Kier alpha value is -2.08. The first-order chi connectivity index (χ1) is 10.1. The van der Waals surface area contributed by atoms with Gasteiger partial charge in [-0.2, -0.15) is 0 Å². The van der Waals surface area contributed by atoms with E-state index in [1.54, 1.807) is 31.3 Å². The van der Waals surface area contributed by atoms with E-state index < -0.39 is 0 Å². The molecule has 0 saturated carbocycles. The fourth-order valence-electron chi connectivity index (χ4n) is 2.11. The Morgan fingerprint density at radius 1 is 1.29 bits per heavy atom. The van der Waals surface area contributed by atoms with Crippen molar-refractivity contribution < 1.29 is 14.3 Å². The molecule has 1 aliphatic rings. The molecule has 1 saturated heterocycles. The molecule has 5 nitrogen and oxygen atoms in total. The minimum absolute atomic E-state index is 0.100. The summed E-state index contributed by atoms with van der Waals surface area (Å²) in [6.07, 6.45) is 2.61. The van der Waals surface area contributed by atoms with Gasteiger partial charge in [-0.05, 0) is 42.4 Å². The monoisotopic (exact) mass is 306 g/mol. The second-order valence-corrected chi connectivity index (χ2v) is 4.95. The Labute approximate surface area is 129 Å². The quantitative estimate of drug-likeness (QED) is 0.667. The van der Waals surface area contributed by atoms with Gasteiger partial charge in [0.15, 0.2) is 16.6 Å². The summed E-state index contributed by atoms with van der Waals surface area (Å²) >= 11 is 5.17. The summed E-state index contributed by atoms with van der Waals surface area (Å²) in [5, 5.41) is 3.40. The Balaban J connectivity index is 2.28. The van der Waals surface area contributed by atoms with E-state index in [2.05, 4.69) is 5.32 Å². The molecule has 1 aromatic rings. The third kappa shape index (κ3) is 3.16. The van der Waals surface area contributed by atoms with Gasteiger partial charge in [0, 0.05) is 6.54 Å². The molecule has 0 aromatic heterocycles. The van der Waals surface area contributed by atoms with Crippen molar-refractivity contribution in [1.82, 2.24) is 10.2 Å². The number of methoxy groups -OCH3 is 2. The van der Waals surface area contributed by atoms with Crippen molar-refractivity contribution in [2.75, 3.05) is 20.8 Å². The van der Waals surface area contributed by atoms with Crippen molar-refractivity contribution >= 4 is 29.3 Å². The van der Waals surface area contributed by atoms with Gasteiger partial charge >= 0.3 is 0 Å². The highest BCUT2D eigenvalue weighted by Gasteiger charge is 2.29. The van der Waals surface area contributed by atoms with Crippen molar-refractivity contribution in [2.24, 2.45) is 0 Å². The molecule has 0 atom stereocenters. The Morgan fingerprint density at radius 2 is 2.00 bits per heavy atom. The number of thiocarbonyl (C=S) groups is 1. The molecular formula is C15H18N2O3S. The molecule has 1 aliphatic heterocycles. The zero-order valence-corrected chi connectivity index (χ0v) is 13.1. The van der Waals surface area contributed by atoms with Crippen molar-refractivity contribution in [3.8, 4) is 11.5 Å². The van der Waals surface area contributed by atoms with Gasteiger partial charge in [-0.1, -0.05) is 13.0 Å². The van der Waals surface area contributed by atoms with Gasteiger partial charge in [-0.3, -0.25) is 9.69 Å². The Morgan fingerprint density at radius 3 is 2.62 bits per heavy atom. The second-order valence-electron chi connectivity index (χ2n) is 4.56. The first kappa shape index (κ1) is 15.3. The summed E-state index contributed by atoms with van der Waals surface area (Å²) in [5.41, 5.74) is 1.31. The number of amides is 1. The molecule has 0 radical (unpaired) electrons. The van der Waals surface area contributed by atoms with E-state index in [1.165, 1.54) is 0 Å². The number of benzene rings is 1. The lowest BCUT2D eigenvalue weighted by Gasteiger charge is -2.11. The van der Waals surface area contributed by atoms with E-state index in [4.69, 9.17) is 21.7 Å². The van der Waals surface area contributed by atoms with Gasteiger partial charge in [-0.15, -0.1) is 0 Å². The van der Waals surface area contributed by atoms with Crippen LogP contribution in [-0.4, -0.2) is 36.7 Å². The predicted molar refractivity (Wildman–Crippen MR) is 85.3 cm³/mol. The van der Waals surface area contributed by atoms with E-state index >= 15 is 0 Å². The molecule has 1 fully saturated rings. The number of carbonyl (C=O) groups excluding carboxylic acids is 1. The van der Waals surface area contributed by atoms with Crippen molar-refractivity contribution in [3.63, 3.8) is 0 Å². The normalized spacial score (nSPS) is 16.3.